The second-order valence-corrected chi connectivity index (χ2v) is 7.44. The van der Waals surface area contributed by atoms with Crippen LogP contribution in [-0.4, -0.2) is 49.9 Å². The molecule has 1 aromatic carbocycles. The van der Waals surface area contributed by atoms with Crippen LogP contribution in [0.4, 0.5) is 0 Å². The number of hydrogen-bond donors (Lipinski definition) is 1. The second kappa shape index (κ2) is 8.63. The van der Waals surface area contributed by atoms with Crippen LogP contribution in [0.25, 0.3) is 0 Å². The molecule has 0 saturated heterocycles. The second-order valence-electron chi connectivity index (χ2n) is 7.44. The highest BCUT2D eigenvalue weighted by Crippen LogP contribution is 2.24. The van der Waals surface area contributed by atoms with Crippen LogP contribution in [0.5, 0.6) is 5.75 Å². The minimum Gasteiger partial charge on any atom is -0.497 e. The lowest BCUT2D eigenvalue weighted by Crippen LogP contribution is -2.38. The molecule has 3 heterocycles. The summed E-state index contributed by atoms with van der Waals surface area (Å²) in [5.74, 6) is 0.428. The molecule has 162 valence electrons. The van der Waals surface area contributed by atoms with Crippen LogP contribution >= 0.6 is 0 Å². The quantitative estimate of drug-likeness (QED) is 0.653. The van der Waals surface area contributed by atoms with Gasteiger partial charge in [-0.25, -0.2) is 0 Å². The third kappa shape index (κ3) is 4.03. The molecule has 1 aliphatic rings. The SMILES string of the molecule is CCn1nc(C(=O)NCc2ccc(OC)cc2)c2c1CCN(C(=O)c1ccnn1C)C2. The van der Waals surface area contributed by atoms with Gasteiger partial charge in [0.05, 0.1) is 13.7 Å². The summed E-state index contributed by atoms with van der Waals surface area (Å²) in [4.78, 5) is 27.7. The number of nitrogens with one attached hydrogen (secondary N) is 1. The van der Waals surface area contributed by atoms with Crippen molar-refractivity contribution in [3.05, 3.63) is 64.7 Å². The number of fused-ring (bicyclic) bond motifs is 1. The molecule has 4 rings (SSSR count). The predicted molar refractivity (Wildman–Crippen MR) is 114 cm³/mol. The van der Waals surface area contributed by atoms with Crippen LogP contribution in [0.15, 0.2) is 36.5 Å². The average molecular weight is 422 g/mol. The highest BCUT2D eigenvalue weighted by Gasteiger charge is 2.30. The number of hydrogen-bond acceptors (Lipinski definition) is 5. The first kappa shape index (κ1) is 20.6. The summed E-state index contributed by atoms with van der Waals surface area (Å²) < 4.78 is 8.60. The number of aryl methyl sites for hydroxylation is 2. The number of benzene rings is 1. The zero-order valence-electron chi connectivity index (χ0n) is 18.0. The van der Waals surface area contributed by atoms with Crippen molar-refractivity contribution >= 4 is 11.8 Å². The molecule has 0 spiro atoms. The van der Waals surface area contributed by atoms with Crippen molar-refractivity contribution < 1.29 is 14.3 Å². The third-order valence-corrected chi connectivity index (χ3v) is 5.59. The standard InChI is InChI=1S/C22H26N6O3/c1-4-28-18-10-12-27(22(30)19-9-11-24-26(19)2)14-17(18)20(25-28)21(29)23-13-15-5-7-16(31-3)8-6-15/h5-9,11H,4,10,12-14H2,1-3H3,(H,23,29). The molecule has 2 aromatic heterocycles. The fourth-order valence-electron chi connectivity index (χ4n) is 3.86. The number of aromatic nitrogens is 4. The first-order valence-electron chi connectivity index (χ1n) is 10.3. The Morgan fingerprint density at radius 1 is 1.19 bits per heavy atom. The smallest absolute Gasteiger partial charge is 0.272 e. The van der Waals surface area contributed by atoms with Gasteiger partial charge in [0.1, 0.15) is 11.4 Å². The highest BCUT2D eigenvalue weighted by atomic mass is 16.5. The van der Waals surface area contributed by atoms with Gasteiger partial charge in [0, 0.05) is 50.6 Å². The summed E-state index contributed by atoms with van der Waals surface area (Å²) in [6.45, 7) is 3.98. The molecule has 0 radical (unpaired) electrons. The Balaban J connectivity index is 1.52. The first-order chi connectivity index (χ1) is 15.0. The molecular formula is C22H26N6O3. The molecule has 0 bridgehead atoms. The van der Waals surface area contributed by atoms with Crippen LogP contribution < -0.4 is 10.1 Å². The van der Waals surface area contributed by atoms with Crippen LogP contribution in [0.1, 0.15) is 44.7 Å². The Bertz CT molecular complexity index is 1100. The molecule has 31 heavy (non-hydrogen) atoms. The molecule has 3 aromatic rings. The maximum Gasteiger partial charge on any atom is 0.272 e. The number of nitrogens with zero attached hydrogens (tertiary/aromatic N) is 5. The molecule has 9 nitrogen and oxygen atoms in total. The van der Waals surface area contributed by atoms with Crippen molar-refractivity contribution in [2.75, 3.05) is 13.7 Å². The van der Waals surface area contributed by atoms with Gasteiger partial charge in [-0.3, -0.25) is 19.0 Å². The largest absolute Gasteiger partial charge is 0.497 e. The Morgan fingerprint density at radius 2 is 1.97 bits per heavy atom. The number of carbonyl (C=O) groups excluding carboxylic acids is 2. The van der Waals surface area contributed by atoms with E-state index in [-0.39, 0.29) is 11.8 Å². The summed E-state index contributed by atoms with van der Waals surface area (Å²) in [7, 11) is 3.36. The summed E-state index contributed by atoms with van der Waals surface area (Å²) in [5, 5.41) is 11.6. The van der Waals surface area contributed by atoms with E-state index in [1.54, 1.807) is 36.0 Å². The van der Waals surface area contributed by atoms with E-state index in [9.17, 15) is 9.59 Å². The Kier molecular flexibility index (Phi) is 5.75. The molecule has 0 saturated carbocycles. The zero-order valence-corrected chi connectivity index (χ0v) is 18.0. The number of rotatable bonds is 6. The van der Waals surface area contributed by atoms with Crippen molar-refractivity contribution in [2.45, 2.75) is 33.0 Å². The van der Waals surface area contributed by atoms with Crippen LogP contribution in [0, 0.1) is 0 Å². The first-order valence-corrected chi connectivity index (χ1v) is 10.3. The van der Waals surface area contributed by atoms with Crippen molar-refractivity contribution in [2.24, 2.45) is 7.05 Å². The van der Waals surface area contributed by atoms with E-state index in [1.165, 1.54) is 0 Å². The number of methoxy groups -OCH3 is 1. The van der Waals surface area contributed by atoms with E-state index in [0.29, 0.717) is 44.0 Å². The lowest BCUT2D eigenvalue weighted by molar-refractivity contribution is 0.0719. The fourth-order valence-corrected chi connectivity index (χ4v) is 3.86. The topological polar surface area (TPSA) is 94.3 Å². The Labute approximate surface area is 180 Å². The minimum absolute atomic E-state index is 0.0977. The third-order valence-electron chi connectivity index (χ3n) is 5.59. The van der Waals surface area contributed by atoms with E-state index < -0.39 is 0 Å². The van der Waals surface area contributed by atoms with Gasteiger partial charge >= 0.3 is 0 Å². The molecule has 0 atom stereocenters. The number of carbonyl (C=O) groups is 2. The Morgan fingerprint density at radius 3 is 2.61 bits per heavy atom. The number of amides is 2. The van der Waals surface area contributed by atoms with Crippen molar-refractivity contribution in [1.29, 1.82) is 0 Å². The van der Waals surface area contributed by atoms with Gasteiger partial charge < -0.3 is 15.0 Å². The van der Waals surface area contributed by atoms with E-state index in [4.69, 9.17) is 4.74 Å². The lowest BCUT2D eigenvalue weighted by Gasteiger charge is -2.27. The van der Waals surface area contributed by atoms with Crippen molar-refractivity contribution in [3.8, 4) is 5.75 Å². The lowest BCUT2D eigenvalue weighted by atomic mass is 10.0. The fraction of sp³-hybridized carbons (Fsp3) is 0.364. The number of ether oxygens (including phenoxy) is 1. The van der Waals surface area contributed by atoms with Gasteiger partial charge in [-0.15, -0.1) is 0 Å². The summed E-state index contributed by atoms with van der Waals surface area (Å²) >= 11 is 0. The van der Waals surface area contributed by atoms with Crippen molar-refractivity contribution in [1.82, 2.24) is 29.8 Å². The van der Waals surface area contributed by atoms with Gasteiger partial charge in [-0.2, -0.15) is 10.2 Å². The maximum atomic E-state index is 13.0. The summed E-state index contributed by atoms with van der Waals surface area (Å²) in [5.41, 5.74) is 3.71. The summed E-state index contributed by atoms with van der Waals surface area (Å²) in [6, 6.07) is 9.24. The molecule has 2 amide bonds. The van der Waals surface area contributed by atoms with Crippen LogP contribution in [-0.2, 0) is 33.1 Å². The van der Waals surface area contributed by atoms with E-state index in [0.717, 1.165) is 22.6 Å². The normalized spacial score (nSPS) is 13.1. The summed E-state index contributed by atoms with van der Waals surface area (Å²) in [6.07, 6.45) is 2.27. The zero-order chi connectivity index (χ0) is 22.0. The Hall–Kier alpha value is -3.62. The van der Waals surface area contributed by atoms with Gasteiger partial charge in [0.25, 0.3) is 11.8 Å². The predicted octanol–water partition coefficient (Wildman–Crippen LogP) is 1.77. The minimum atomic E-state index is -0.242. The van der Waals surface area contributed by atoms with Crippen LogP contribution in [0.3, 0.4) is 0 Å². The average Bonchev–Trinajstić information content (AvgIpc) is 3.40. The van der Waals surface area contributed by atoms with Gasteiger partial charge in [-0.1, -0.05) is 12.1 Å². The molecule has 1 N–H and O–H groups in total. The molecular weight excluding hydrogens is 396 g/mol. The van der Waals surface area contributed by atoms with Gasteiger partial charge in [-0.05, 0) is 30.7 Å². The molecule has 0 fully saturated rings. The van der Waals surface area contributed by atoms with Gasteiger partial charge in [0.2, 0.25) is 0 Å². The molecule has 0 aliphatic carbocycles. The maximum absolute atomic E-state index is 13.0. The molecule has 9 heteroatoms. The van der Waals surface area contributed by atoms with E-state index in [2.05, 4.69) is 15.5 Å². The van der Waals surface area contributed by atoms with E-state index >= 15 is 0 Å². The highest BCUT2D eigenvalue weighted by molar-refractivity contribution is 5.95. The monoisotopic (exact) mass is 422 g/mol. The molecule has 1 aliphatic heterocycles. The van der Waals surface area contributed by atoms with Gasteiger partial charge in [0.15, 0.2) is 5.69 Å². The van der Waals surface area contributed by atoms with E-state index in [1.807, 2.05) is 35.9 Å². The van der Waals surface area contributed by atoms with Crippen molar-refractivity contribution in [3.63, 3.8) is 0 Å². The molecule has 0 unspecified atom stereocenters. The van der Waals surface area contributed by atoms with Crippen LogP contribution in [0.2, 0.25) is 0 Å².